The number of aliphatic hydroxyl groups is 1. The molecule has 1 heterocycles. The zero-order chi connectivity index (χ0) is 13.1. The average molecular weight is 251 g/mol. The lowest BCUT2D eigenvalue weighted by Gasteiger charge is -2.33. The van der Waals surface area contributed by atoms with Crippen LogP contribution >= 0.6 is 0 Å². The van der Waals surface area contributed by atoms with Crippen molar-refractivity contribution in [2.24, 2.45) is 5.92 Å². The van der Waals surface area contributed by atoms with Crippen LogP contribution in [0.25, 0.3) is 0 Å². The van der Waals surface area contributed by atoms with E-state index >= 15 is 0 Å². The molecular formula is C14H18FNO2. The molecule has 18 heavy (non-hydrogen) atoms. The Balaban J connectivity index is 1.96. The second kappa shape index (κ2) is 5.59. The van der Waals surface area contributed by atoms with Gasteiger partial charge in [-0.2, -0.15) is 0 Å². The summed E-state index contributed by atoms with van der Waals surface area (Å²) in [7, 11) is 0. The summed E-state index contributed by atoms with van der Waals surface area (Å²) in [5, 5.41) is 9.76. The molecule has 0 bridgehead atoms. The van der Waals surface area contributed by atoms with Crippen molar-refractivity contribution in [2.75, 3.05) is 19.6 Å². The van der Waals surface area contributed by atoms with Gasteiger partial charge in [0.05, 0.1) is 12.6 Å². The van der Waals surface area contributed by atoms with Crippen molar-refractivity contribution in [3.05, 3.63) is 35.6 Å². The Morgan fingerprint density at radius 1 is 1.56 bits per heavy atom. The van der Waals surface area contributed by atoms with E-state index < -0.39 is 5.82 Å². The number of rotatable bonds is 3. The molecule has 4 heteroatoms. The Bertz CT molecular complexity index is 436. The Labute approximate surface area is 106 Å². The number of hydrogen-bond donors (Lipinski definition) is 1. The van der Waals surface area contributed by atoms with Crippen LogP contribution in [0.5, 0.6) is 0 Å². The van der Waals surface area contributed by atoms with Gasteiger partial charge in [0.25, 0.3) is 0 Å². The Kier molecular flexibility index (Phi) is 4.09. The molecule has 98 valence electrons. The highest BCUT2D eigenvalue weighted by atomic mass is 19.1. The van der Waals surface area contributed by atoms with E-state index in [0.29, 0.717) is 12.1 Å². The molecule has 2 unspecified atom stereocenters. The molecule has 1 fully saturated rings. The molecular weight excluding hydrogens is 233 g/mol. The molecule has 0 spiro atoms. The van der Waals surface area contributed by atoms with Gasteiger partial charge >= 0.3 is 0 Å². The first kappa shape index (κ1) is 13.2. The van der Waals surface area contributed by atoms with Crippen molar-refractivity contribution in [2.45, 2.75) is 19.4 Å². The predicted octanol–water partition coefficient (Wildman–Crippen LogP) is 1.71. The number of hydrogen-bond acceptors (Lipinski definition) is 3. The fraction of sp³-hybridized carbons (Fsp3) is 0.500. The second-order valence-corrected chi connectivity index (χ2v) is 5.00. The number of Topliss-reactive ketones (excluding diaryl/α,β-unsaturated/α-hetero) is 1. The van der Waals surface area contributed by atoms with Gasteiger partial charge in [-0.05, 0) is 31.0 Å². The first-order valence-electron chi connectivity index (χ1n) is 6.25. The van der Waals surface area contributed by atoms with E-state index in [2.05, 4.69) is 0 Å². The van der Waals surface area contributed by atoms with Crippen LogP contribution in [-0.4, -0.2) is 41.5 Å². The Hall–Kier alpha value is -1.26. The van der Waals surface area contributed by atoms with Crippen LogP contribution < -0.4 is 0 Å². The van der Waals surface area contributed by atoms with Gasteiger partial charge in [-0.1, -0.05) is 19.1 Å². The molecule has 1 saturated heterocycles. The molecule has 1 aliphatic heterocycles. The third-order valence-corrected chi connectivity index (χ3v) is 3.52. The monoisotopic (exact) mass is 251 g/mol. The van der Waals surface area contributed by atoms with E-state index in [4.69, 9.17) is 0 Å². The van der Waals surface area contributed by atoms with Crippen molar-refractivity contribution >= 4 is 5.78 Å². The lowest BCUT2D eigenvalue weighted by atomic mass is 9.95. The Morgan fingerprint density at radius 3 is 3.00 bits per heavy atom. The van der Waals surface area contributed by atoms with Gasteiger partial charge in [0.1, 0.15) is 5.82 Å². The first-order valence-corrected chi connectivity index (χ1v) is 6.25. The van der Waals surface area contributed by atoms with Crippen molar-refractivity contribution in [3.63, 3.8) is 0 Å². The van der Waals surface area contributed by atoms with Gasteiger partial charge in [0.2, 0.25) is 0 Å². The molecule has 3 nitrogen and oxygen atoms in total. The molecule has 2 rings (SSSR count). The highest BCUT2D eigenvalue weighted by Gasteiger charge is 2.25. The largest absolute Gasteiger partial charge is 0.392 e. The number of aliphatic hydroxyl groups excluding tert-OH is 1. The van der Waals surface area contributed by atoms with Crippen molar-refractivity contribution < 1.29 is 14.3 Å². The number of carbonyl (C=O) groups is 1. The second-order valence-electron chi connectivity index (χ2n) is 5.00. The molecule has 0 aliphatic carbocycles. The zero-order valence-corrected chi connectivity index (χ0v) is 10.5. The maximum Gasteiger partial charge on any atom is 0.176 e. The summed E-state index contributed by atoms with van der Waals surface area (Å²) in [6.45, 7) is 3.57. The summed E-state index contributed by atoms with van der Waals surface area (Å²) < 4.78 is 13.0. The number of benzene rings is 1. The minimum atomic E-state index is -0.395. The number of β-amino-alcohol motifs (C(OH)–C–C–N with tert-alkyl or cyclic N) is 1. The van der Waals surface area contributed by atoms with Crippen LogP contribution in [0.1, 0.15) is 23.7 Å². The normalized spacial score (nSPS) is 25.1. The SMILES string of the molecule is CC1CCN(CC(=O)c2cccc(F)c2)CC1O. The summed E-state index contributed by atoms with van der Waals surface area (Å²) in [5.41, 5.74) is 0.392. The third-order valence-electron chi connectivity index (χ3n) is 3.52. The molecule has 0 saturated carbocycles. The van der Waals surface area contributed by atoms with Crippen LogP contribution in [0, 0.1) is 11.7 Å². The maximum absolute atomic E-state index is 13.0. The first-order chi connectivity index (χ1) is 8.56. The lowest BCUT2D eigenvalue weighted by Crippen LogP contribution is -2.44. The molecule has 2 atom stereocenters. The van der Waals surface area contributed by atoms with Gasteiger partial charge in [0, 0.05) is 12.1 Å². The van der Waals surface area contributed by atoms with Gasteiger partial charge in [0.15, 0.2) is 5.78 Å². The van der Waals surface area contributed by atoms with Crippen LogP contribution in [0.3, 0.4) is 0 Å². The fourth-order valence-corrected chi connectivity index (χ4v) is 2.21. The number of likely N-dealkylation sites (tertiary alicyclic amines) is 1. The van der Waals surface area contributed by atoms with Crippen LogP contribution in [0.15, 0.2) is 24.3 Å². The minimum Gasteiger partial charge on any atom is -0.392 e. The molecule has 0 amide bonds. The number of piperidine rings is 1. The van der Waals surface area contributed by atoms with E-state index in [0.717, 1.165) is 13.0 Å². The van der Waals surface area contributed by atoms with Gasteiger partial charge in [-0.25, -0.2) is 4.39 Å². The highest BCUT2D eigenvalue weighted by molar-refractivity contribution is 5.97. The van der Waals surface area contributed by atoms with Crippen LogP contribution in [0.4, 0.5) is 4.39 Å². The molecule has 1 aromatic carbocycles. The third kappa shape index (κ3) is 3.15. The number of halogens is 1. The summed E-state index contributed by atoms with van der Waals surface area (Å²) in [5.74, 6) is -0.213. The molecule has 1 aromatic rings. The van der Waals surface area contributed by atoms with Gasteiger partial charge in [-0.3, -0.25) is 9.69 Å². The zero-order valence-electron chi connectivity index (χ0n) is 10.5. The summed E-state index contributed by atoms with van der Waals surface area (Å²) in [4.78, 5) is 13.9. The number of carbonyl (C=O) groups excluding carboxylic acids is 1. The Morgan fingerprint density at radius 2 is 2.33 bits per heavy atom. The highest BCUT2D eigenvalue weighted by Crippen LogP contribution is 2.17. The van der Waals surface area contributed by atoms with E-state index in [1.165, 1.54) is 18.2 Å². The van der Waals surface area contributed by atoms with Gasteiger partial charge < -0.3 is 5.11 Å². The summed E-state index contributed by atoms with van der Waals surface area (Å²) >= 11 is 0. The van der Waals surface area contributed by atoms with Crippen LogP contribution in [0.2, 0.25) is 0 Å². The average Bonchev–Trinajstić information content (AvgIpc) is 2.34. The molecule has 0 aromatic heterocycles. The number of nitrogens with zero attached hydrogens (tertiary/aromatic N) is 1. The predicted molar refractivity (Wildman–Crippen MR) is 67.0 cm³/mol. The lowest BCUT2D eigenvalue weighted by molar-refractivity contribution is 0.0295. The maximum atomic E-state index is 13.0. The van der Waals surface area contributed by atoms with E-state index in [9.17, 15) is 14.3 Å². The van der Waals surface area contributed by atoms with Crippen molar-refractivity contribution in [3.8, 4) is 0 Å². The number of ketones is 1. The standard InChI is InChI=1S/C14H18FNO2/c1-10-5-6-16(8-13(10)17)9-14(18)11-3-2-4-12(15)7-11/h2-4,7,10,13,17H,5-6,8-9H2,1H3. The van der Waals surface area contributed by atoms with Crippen molar-refractivity contribution in [1.82, 2.24) is 4.90 Å². The fourth-order valence-electron chi connectivity index (χ4n) is 2.21. The van der Waals surface area contributed by atoms with E-state index in [-0.39, 0.29) is 24.3 Å². The topological polar surface area (TPSA) is 40.5 Å². The van der Waals surface area contributed by atoms with Crippen molar-refractivity contribution in [1.29, 1.82) is 0 Å². The van der Waals surface area contributed by atoms with E-state index in [1.54, 1.807) is 6.07 Å². The summed E-state index contributed by atoms with van der Waals surface area (Å²) in [6.07, 6.45) is 0.511. The van der Waals surface area contributed by atoms with Crippen LogP contribution in [-0.2, 0) is 0 Å². The molecule has 1 N–H and O–H groups in total. The molecule has 1 aliphatic rings. The smallest absolute Gasteiger partial charge is 0.176 e. The molecule has 0 radical (unpaired) electrons. The summed E-state index contributed by atoms with van der Waals surface area (Å²) in [6, 6.07) is 5.73. The minimum absolute atomic E-state index is 0.101. The quantitative estimate of drug-likeness (QED) is 0.831. The van der Waals surface area contributed by atoms with Gasteiger partial charge in [-0.15, -0.1) is 0 Å². The van der Waals surface area contributed by atoms with E-state index in [1.807, 2.05) is 11.8 Å².